The molecular weight excluding hydrogens is 316 g/mol. The Kier molecular flexibility index (Phi) is 4.55. The predicted molar refractivity (Wildman–Crippen MR) is 85.8 cm³/mol. The third kappa shape index (κ3) is 3.49. The van der Waals surface area contributed by atoms with Crippen LogP contribution >= 0.6 is 0 Å². The van der Waals surface area contributed by atoms with E-state index in [2.05, 4.69) is 4.18 Å². The first-order chi connectivity index (χ1) is 11.1. The largest absolute Gasteiger partial charge is 0.457 e. The minimum atomic E-state index is -2.86. The number of carbonyl (C=O) groups is 1. The Morgan fingerprint density at radius 2 is 1.65 bits per heavy atom. The van der Waals surface area contributed by atoms with Crippen LogP contribution in [0.15, 0.2) is 54.6 Å². The van der Waals surface area contributed by atoms with Gasteiger partial charge in [0, 0.05) is 5.57 Å². The van der Waals surface area contributed by atoms with Gasteiger partial charge in [-0.3, -0.25) is 4.18 Å². The molecule has 23 heavy (non-hydrogen) atoms. The van der Waals surface area contributed by atoms with Gasteiger partial charge in [0.15, 0.2) is 0 Å². The van der Waals surface area contributed by atoms with Crippen molar-refractivity contribution >= 4 is 28.1 Å². The molecule has 1 heterocycles. The van der Waals surface area contributed by atoms with E-state index in [1.54, 1.807) is 12.1 Å². The number of esters is 1. The molecule has 2 aromatic rings. The standard InChI is InChI=1S/C17H14O5S/c18-17-16(14-4-2-1-3-5-14)15(11-21-17)13-8-6-12(7-9-13)10-22-23(19)20/h1-9,23H,10-11H2. The van der Waals surface area contributed by atoms with Gasteiger partial charge in [-0.25, -0.2) is 13.2 Å². The monoisotopic (exact) mass is 330 g/mol. The van der Waals surface area contributed by atoms with Gasteiger partial charge in [0.05, 0.1) is 12.2 Å². The molecule has 0 N–H and O–H groups in total. The molecule has 0 saturated heterocycles. The number of ether oxygens (including phenoxy) is 1. The van der Waals surface area contributed by atoms with Crippen molar-refractivity contribution in [2.45, 2.75) is 6.61 Å². The highest BCUT2D eigenvalue weighted by molar-refractivity contribution is 7.67. The van der Waals surface area contributed by atoms with E-state index in [0.717, 1.165) is 22.3 Å². The number of rotatable bonds is 5. The summed E-state index contributed by atoms with van der Waals surface area (Å²) in [6, 6.07) is 16.6. The first kappa shape index (κ1) is 15.5. The second-order valence-corrected chi connectivity index (χ2v) is 5.70. The zero-order chi connectivity index (χ0) is 16.2. The van der Waals surface area contributed by atoms with Gasteiger partial charge in [-0.2, -0.15) is 0 Å². The smallest absolute Gasteiger partial charge is 0.339 e. The fraction of sp³-hybridized carbons (Fsp3) is 0.118. The molecule has 0 atom stereocenters. The van der Waals surface area contributed by atoms with Crippen molar-refractivity contribution in [3.63, 3.8) is 0 Å². The molecule has 0 bridgehead atoms. The van der Waals surface area contributed by atoms with Crippen molar-refractivity contribution in [2.24, 2.45) is 0 Å². The third-order valence-electron chi connectivity index (χ3n) is 3.55. The Labute approximate surface area is 135 Å². The Morgan fingerprint density at radius 3 is 2.30 bits per heavy atom. The molecule has 6 heteroatoms. The van der Waals surface area contributed by atoms with Crippen molar-refractivity contribution in [3.8, 4) is 0 Å². The molecule has 5 nitrogen and oxygen atoms in total. The van der Waals surface area contributed by atoms with Crippen molar-refractivity contribution in [3.05, 3.63) is 71.3 Å². The van der Waals surface area contributed by atoms with Gasteiger partial charge in [-0.15, -0.1) is 0 Å². The average Bonchev–Trinajstić information content (AvgIpc) is 2.96. The van der Waals surface area contributed by atoms with Crippen LogP contribution < -0.4 is 0 Å². The van der Waals surface area contributed by atoms with E-state index >= 15 is 0 Å². The summed E-state index contributed by atoms with van der Waals surface area (Å²) in [6.45, 7) is 0.227. The molecular formula is C17H14O5S. The average molecular weight is 330 g/mol. The first-order valence-electron chi connectivity index (χ1n) is 6.97. The van der Waals surface area contributed by atoms with Crippen LogP contribution in [0.5, 0.6) is 0 Å². The predicted octanol–water partition coefficient (Wildman–Crippen LogP) is 2.20. The van der Waals surface area contributed by atoms with Crippen molar-refractivity contribution < 1.29 is 22.1 Å². The van der Waals surface area contributed by atoms with Crippen molar-refractivity contribution in [2.75, 3.05) is 6.61 Å². The molecule has 0 unspecified atom stereocenters. The summed E-state index contributed by atoms with van der Waals surface area (Å²) in [6.07, 6.45) is 0. The third-order valence-corrected chi connectivity index (χ3v) is 3.89. The Balaban J connectivity index is 1.93. The molecule has 118 valence electrons. The summed E-state index contributed by atoms with van der Waals surface area (Å²) < 4.78 is 30.6. The fourth-order valence-corrected chi connectivity index (χ4v) is 2.71. The van der Waals surface area contributed by atoms with Gasteiger partial charge in [0.25, 0.3) is 11.0 Å². The summed E-state index contributed by atoms with van der Waals surface area (Å²) >= 11 is 0. The maximum atomic E-state index is 12.0. The lowest BCUT2D eigenvalue weighted by molar-refractivity contribution is -0.133. The molecule has 3 rings (SSSR count). The van der Waals surface area contributed by atoms with Crippen LogP contribution in [0.4, 0.5) is 0 Å². The summed E-state index contributed by atoms with van der Waals surface area (Å²) in [4.78, 5) is 12.0. The van der Waals surface area contributed by atoms with Crippen LogP contribution in [0, 0.1) is 0 Å². The van der Waals surface area contributed by atoms with Crippen molar-refractivity contribution in [1.29, 1.82) is 0 Å². The van der Waals surface area contributed by atoms with E-state index in [9.17, 15) is 13.2 Å². The lowest BCUT2D eigenvalue weighted by atomic mass is 9.96. The van der Waals surface area contributed by atoms with Gasteiger partial charge < -0.3 is 4.74 Å². The summed E-state index contributed by atoms with van der Waals surface area (Å²) in [5, 5.41) is 0. The number of hydrogen-bond donors (Lipinski definition) is 1. The summed E-state index contributed by atoms with van der Waals surface area (Å²) in [5.74, 6) is -0.332. The fourth-order valence-electron chi connectivity index (χ4n) is 2.46. The topological polar surface area (TPSA) is 69.7 Å². The lowest BCUT2D eigenvalue weighted by Gasteiger charge is -2.06. The van der Waals surface area contributed by atoms with Gasteiger partial charge in [-0.05, 0) is 16.7 Å². The number of cyclic esters (lactones) is 1. The number of carbonyl (C=O) groups excluding carboxylic acids is 1. The van der Waals surface area contributed by atoms with E-state index in [0.29, 0.717) is 5.57 Å². The maximum absolute atomic E-state index is 12.0. The minimum absolute atomic E-state index is 0.000988. The van der Waals surface area contributed by atoms with E-state index in [-0.39, 0.29) is 19.2 Å². The van der Waals surface area contributed by atoms with Crippen LogP contribution in [0.3, 0.4) is 0 Å². The maximum Gasteiger partial charge on any atom is 0.339 e. The minimum Gasteiger partial charge on any atom is -0.457 e. The van der Waals surface area contributed by atoms with Gasteiger partial charge in [0.2, 0.25) is 0 Å². The first-order valence-corrected chi connectivity index (χ1v) is 8.07. The Morgan fingerprint density at radius 1 is 0.957 bits per heavy atom. The van der Waals surface area contributed by atoms with E-state index < -0.39 is 11.0 Å². The Bertz CT molecular complexity index is 812. The quantitative estimate of drug-likeness (QED) is 0.672. The molecule has 0 spiro atoms. The van der Waals surface area contributed by atoms with Crippen LogP contribution in [-0.4, -0.2) is 21.0 Å². The second kappa shape index (κ2) is 6.76. The zero-order valence-electron chi connectivity index (χ0n) is 12.1. The molecule has 0 aliphatic carbocycles. The van der Waals surface area contributed by atoms with Crippen LogP contribution in [0.2, 0.25) is 0 Å². The highest BCUT2D eigenvalue weighted by Gasteiger charge is 2.26. The summed E-state index contributed by atoms with van der Waals surface area (Å²) in [5.41, 5.74) is 3.81. The molecule has 1 aliphatic heterocycles. The van der Waals surface area contributed by atoms with Gasteiger partial charge >= 0.3 is 5.97 Å². The normalized spacial score (nSPS) is 14.4. The summed E-state index contributed by atoms with van der Waals surface area (Å²) in [7, 11) is -2.86. The van der Waals surface area contributed by atoms with Crippen molar-refractivity contribution in [1.82, 2.24) is 0 Å². The van der Waals surface area contributed by atoms with E-state index in [1.165, 1.54) is 0 Å². The highest BCUT2D eigenvalue weighted by atomic mass is 32.2. The number of hydrogen-bond acceptors (Lipinski definition) is 5. The van der Waals surface area contributed by atoms with Gasteiger partial charge in [-0.1, -0.05) is 54.6 Å². The second-order valence-electron chi connectivity index (χ2n) is 4.99. The molecule has 2 aromatic carbocycles. The Hall–Kier alpha value is -2.44. The number of thiol groups is 1. The number of benzene rings is 2. The van der Waals surface area contributed by atoms with E-state index in [1.807, 2.05) is 42.5 Å². The molecule has 0 amide bonds. The van der Waals surface area contributed by atoms with Gasteiger partial charge in [0.1, 0.15) is 6.61 Å². The lowest BCUT2D eigenvalue weighted by Crippen LogP contribution is -1.98. The highest BCUT2D eigenvalue weighted by Crippen LogP contribution is 2.32. The zero-order valence-corrected chi connectivity index (χ0v) is 13.0. The molecule has 0 aromatic heterocycles. The molecule has 0 radical (unpaired) electrons. The molecule has 0 saturated carbocycles. The molecule has 0 fully saturated rings. The van der Waals surface area contributed by atoms with Crippen LogP contribution in [-0.2, 0) is 31.3 Å². The van der Waals surface area contributed by atoms with Crippen LogP contribution in [0.1, 0.15) is 16.7 Å². The van der Waals surface area contributed by atoms with E-state index in [4.69, 9.17) is 4.74 Å². The molecule has 1 aliphatic rings. The van der Waals surface area contributed by atoms with Crippen LogP contribution in [0.25, 0.3) is 11.1 Å². The SMILES string of the molecule is O=C1OCC(c2ccc(CO[SH](=O)=O)cc2)=C1c1ccccc1.